The summed E-state index contributed by atoms with van der Waals surface area (Å²) in [7, 11) is -1.79. The highest BCUT2D eigenvalue weighted by Crippen LogP contribution is 2.43. The Morgan fingerprint density at radius 1 is 1.04 bits per heavy atom. The van der Waals surface area contributed by atoms with Gasteiger partial charge in [-0.15, -0.1) is 0 Å². The van der Waals surface area contributed by atoms with Crippen LogP contribution >= 0.6 is 0 Å². The average Bonchev–Trinajstić information content (AvgIpc) is 2.86. The van der Waals surface area contributed by atoms with Gasteiger partial charge in [-0.1, -0.05) is 71.9 Å². The number of para-hydroxylation sites is 1. The lowest BCUT2D eigenvalue weighted by atomic mass is 9.93. The van der Waals surface area contributed by atoms with Crippen molar-refractivity contribution in [2.45, 2.75) is 83.3 Å². The molecule has 148 valence electrons. The Balaban J connectivity index is 1.82. The van der Waals surface area contributed by atoms with E-state index in [4.69, 9.17) is 4.43 Å². The Bertz CT molecular complexity index is 765. The van der Waals surface area contributed by atoms with Gasteiger partial charge in [-0.2, -0.15) is 0 Å². The molecule has 3 heteroatoms. The van der Waals surface area contributed by atoms with Gasteiger partial charge in [0.1, 0.15) is 0 Å². The van der Waals surface area contributed by atoms with Crippen LogP contribution in [0.2, 0.25) is 16.6 Å². The number of aromatic nitrogens is 1. The minimum atomic E-state index is -1.79. The van der Waals surface area contributed by atoms with Crippen LogP contribution in [-0.2, 0) is 10.8 Å². The first kappa shape index (κ1) is 20.4. The van der Waals surface area contributed by atoms with E-state index >= 15 is 0 Å². The van der Waals surface area contributed by atoms with Crippen LogP contribution in [-0.4, -0.2) is 19.9 Å². The number of allylic oxidation sites excluding steroid dienone is 2. The fourth-order valence-corrected chi connectivity index (χ4v) is 11.0. The highest BCUT2D eigenvalue weighted by atomic mass is 28.4. The number of benzene rings is 1. The van der Waals surface area contributed by atoms with Crippen molar-refractivity contribution >= 4 is 19.2 Å². The van der Waals surface area contributed by atoms with Crippen LogP contribution in [0.25, 0.3) is 10.9 Å². The van der Waals surface area contributed by atoms with Crippen LogP contribution in [0, 0.1) is 0 Å². The summed E-state index contributed by atoms with van der Waals surface area (Å²) in [5.41, 5.74) is 6.14. The minimum absolute atomic E-state index is 0.455. The van der Waals surface area contributed by atoms with Crippen molar-refractivity contribution in [3.63, 3.8) is 0 Å². The van der Waals surface area contributed by atoms with E-state index in [1.54, 1.807) is 0 Å². The molecule has 1 N–H and O–H groups in total. The molecule has 0 saturated heterocycles. The molecular formula is C24H37NOSi. The topological polar surface area (TPSA) is 25.0 Å². The van der Waals surface area contributed by atoms with E-state index in [0.717, 1.165) is 25.9 Å². The zero-order chi connectivity index (χ0) is 19.6. The van der Waals surface area contributed by atoms with Gasteiger partial charge in [0.25, 0.3) is 0 Å². The van der Waals surface area contributed by atoms with Crippen LogP contribution in [0.3, 0.4) is 0 Å². The van der Waals surface area contributed by atoms with Crippen LogP contribution in [0.1, 0.15) is 71.6 Å². The Kier molecular flexibility index (Phi) is 6.32. The SMILES string of the molecule is CC(C)[Si](OCC[C@H]1C=CCCc2[nH]c3ccccc3c21)(C(C)C)C(C)C. The van der Waals surface area contributed by atoms with Gasteiger partial charge in [-0.05, 0) is 47.5 Å². The van der Waals surface area contributed by atoms with Crippen molar-refractivity contribution in [3.05, 3.63) is 47.7 Å². The molecule has 0 saturated carbocycles. The molecule has 0 fully saturated rings. The number of H-pyrrole nitrogens is 1. The number of nitrogens with one attached hydrogen (secondary N) is 1. The quantitative estimate of drug-likeness (QED) is 0.393. The zero-order valence-electron chi connectivity index (χ0n) is 18.0. The Morgan fingerprint density at radius 2 is 1.70 bits per heavy atom. The minimum Gasteiger partial charge on any atom is -0.416 e. The van der Waals surface area contributed by atoms with Crippen molar-refractivity contribution in [3.8, 4) is 0 Å². The molecule has 0 spiro atoms. The standard InChI is InChI=1S/C24H37NOSi/c1-17(2)27(18(3)4,19(5)6)26-16-15-20-11-7-9-14-23-24(20)21-12-8-10-13-22(21)25-23/h7-8,10-13,17-20,25H,9,14-16H2,1-6H3/t20-/m1/s1. The highest BCUT2D eigenvalue weighted by molar-refractivity contribution is 6.77. The fourth-order valence-electron chi connectivity index (χ4n) is 5.53. The maximum atomic E-state index is 6.86. The lowest BCUT2D eigenvalue weighted by Gasteiger charge is -2.42. The maximum Gasteiger partial charge on any atom is 0.200 e. The van der Waals surface area contributed by atoms with E-state index in [1.807, 2.05) is 0 Å². The maximum absolute atomic E-state index is 6.86. The van der Waals surface area contributed by atoms with E-state index < -0.39 is 8.32 Å². The van der Waals surface area contributed by atoms with Gasteiger partial charge in [0.2, 0.25) is 0 Å². The van der Waals surface area contributed by atoms with Gasteiger partial charge in [-0.25, -0.2) is 0 Å². The Morgan fingerprint density at radius 3 is 2.37 bits per heavy atom. The van der Waals surface area contributed by atoms with Crippen LogP contribution < -0.4 is 0 Å². The van der Waals surface area contributed by atoms with Gasteiger partial charge in [-0.3, -0.25) is 0 Å². The van der Waals surface area contributed by atoms with E-state index in [-0.39, 0.29) is 0 Å². The van der Waals surface area contributed by atoms with Crippen molar-refractivity contribution in [1.82, 2.24) is 4.98 Å². The van der Waals surface area contributed by atoms with Crippen molar-refractivity contribution in [2.75, 3.05) is 6.61 Å². The summed E-state index contributed by atoms with van der Waals surface area (Å²) in [6.07, 6.45) is 8.11. The third-order valence-corrected chi connectivity index (χ3v) is 12.7. The number of fused-ring (bicyclic) bond motifs is 3. The molecule has 2 nitrogen and oxygen atoms in total. The molecule has 27 heavy (non-hydrogen) atoms. The summed E-state index contributed by atoms with van der Waals surface area (Å²) < 4.78 is 6.86. The first-order valence-corrected chi connectivity index (χ1v) is 12.9. The molecule has 0 amide bonds. The summed E-state index contributed by atoms with van der Waals surface area (Å²) in [4.78, 5) is 3.68. The van der Waals surface area contributed by atoms with Crippen LogP contribution in [0.4, 0.5) is 0 Å². The Hall–Kier alpha value is -1.32. The molecule has 1 aliphatic rings. The second kappa shape index (κ2) is 8.36. The second-order valence-corrected chi connectivity index (χ2v) is 14.6. The largest absolute Gasteiger partial charge is 0.416 e. The Labute approximate surface area is 166 Å². The molecule has 1 aromatic carbocycles. The van der Waals surface area contributed by atoms with Crippen LogP contribution in [0.5, 0.6) is 0 Å². The van der Waals surface area contributed by atoms with E-state index in [9.17, 15) is 0 Å². The summed E-state index contributed by atoms with van der Waals surface area (Å²) in [6, 6.07) is 8.76. The van der Waals surface area contributed by atoms with Crippen molar-refractivity contribution in [2.24, 2.45) is 0 Å². The molecule has 0 radical (unpaired) electrons. The predicted octanol–water partition coefficient (Wildman–Crippen LogP) is 7.34. The predicted molar refractivity (Wildman–Crippen MR) is 120 cm³/mol. The van der Waals surface area contributed by atoms with Gasteiger partial charge in [0.15, 0.2) is 8.32 Å². The molecule has 1 heterocycles. The number of aromatic amines is 1. The molecule has 1 aromatic heterocycles. The fraction of sp³-hybridized carbons (Fsp3) is 0.583. The molecule has 3 rings (SSSR count). The lowest BCUT2D eigenvalue weighted by molar-refractivity contribution is 0.268. The summed E-state index contributed by atoms with van der Waals surface area (Å²) in [5.74, 6) is 0.455. The summed E-state index contributed by atoms with van der Waals surface area (Å²) >= 11 is 0. The normalized spacial score (nSPS) is 17.9. The lowest BCUT2D eigenvalue weighted by Crippen LogP contribution is -2.48. The molecule has 0 aliphatic heterocycles. The molecule has 0 bridgehead atoms. The summed E-state index contributed by atoms with van der Waals surface area (Å²) in [5, 5.41) is 1.39. The molecule has 0 unspecified atom stereocenters. The number of rotatable bonds is 7. The second-order valence-electron chi connectivity index (χ2n) is 9.09. The van der Waals surface area contributed by atoms with E-state index in [1.165, 1.54) is 22.2 Å². The van der Waals surface area contributed by atoms with Crippen molar-refractivity contribution < 1.29 is 4.43 Å². The van der Waals surface area contributed by atoms with Crippen LogP contribution in [0.15, 0.2) is 36.4 Å². The van der Waals surface area contributed by atoms with E-state index in [2.05, 4.69) is 82.9 Å². The monoisotopic (exact) mass is 383 g/mol. The highest BCUT2D eigenvalue weighted by Gasteiger charge is 2.44. The smallest absolute Gasteiger partial charge is 0.200 e. The van der Waals surface area contributed by atoms with Gasteiger partial charge >= 0.3 is 0 Å². The molecular weight excluding hydrogens is 346 g/mol. The van der Waals surface area contributed by atoms with Gasteiger partial charge in [0, 0.05) is 29.1 Å². The third kappa shape index (κ3) is 3.81. The van der Waals surface area contributed by atoms with E-state index in [0.29, 0.717) is 22.5 Å². The zero-order valence-corrected chi connectivity index (χ0v) is 19.0. The third-order valence-electron chi connectivity index (χ3n) is 6.62. The number of aryl methyl sites for hydroxylation is 1. The molecule has 1 aliphatic carbocycles. The molecule has 1 atom stereocenters. The number of hydrogen-bond acceptors (Lipinski definition) is 1. The first-order chi connectivity index (χ1) is 12.9. The average molecular weight is 384 g/mol. The first-order valence-electron chi connectivity index (χ1n) is 10.8. The van der Waals surface area contributed by atoms with Gasteiger partial charge in [0.05, 0.1) is 0 Å². The number of hydrogen-bond donors (Lipinski definition) is 1. The molecule has 2 aromatic rings. The van der Waals surface area contributed by atoms with Crippen molar-refractivity contribution in [1.29, 1.82) is 0 Å². The summed E-state index contributed by atoms with van der Waals surface area (Å²) in [6.45, 7) is 15.1. The van der Waals surface area contributed by atoms with Gasteiger partial charge < -0.3 is 9.41 Å².